The van der Waals surface area contributed by atoms with Crippen LogP contribution in [0, 0.1) is 0 Å². The Morgan fingerprint density at radius 1 is 1.69 bits per heavy atom. The molecule has 8 heteroatoms. The van der Waals surface area contributed by atoms with Gasteiger partial charge >= 0.3 is 6.01 Å². The van der Waals surface area contributed by atoms with Gasteiger partial charge in [0.2, 0.25) is 5.95 Å². The third kappa shape index (κ3) is 2.39. The molecule has 6 nitrogen and oxygen atoms in total. The number of carbonyl (C=O) groups is 1. The molecule has 0 aliphatic rings. The molecule has 1 amide bonds. The summed E-state index contributed by atoms with van der Waals surface area (Å²) >= 11 is 4.72. The number of hydrogen-bond donors (Lipinski definition) is 2. The van der Waals surface area contributed by atoms with Crippen LogP contribution in [0.25, 0.3) is 0 Å². The van der Waals surface area contributed by atoms with Crippen molar-refractivity contribution in [3.8, 4) is 6.01 Å². The van der Waals surface area contributed by atoms with Gasteiger partial charge in [-0.2, -0.15) is 4.98 Å². The summed E-state index contributed by atoms with van der Waals surface area (Å²) in [5, 5.41) is 10.6. The molecule has 0 aromatic carbocycles. The SMILES string of the molecule is COc1n[nH]c(NC(=O)c2csc(Br)c2)n1. The summed E-state index contributed by atoms with van der Waals surface area (Å²) in [7, 11) is 1.45. The van der Waals surface area contributed by atoms with Crippen LogP contribution < -0.4 is 10.1 Å². The zero-order valence-corrected chi connectivity index (χ0v) is 10.6. The van der Waals surface area contributed by atoms with E-state index in [0.717, 1.165) is 3.79 Å². The van der Waals surface area contributed by atoms with E-state index in [9.17, 15) is 4.79 Å². The van der Waals surface area contributed by atoms with Gasteiger partial charge in [0.05, 0.1) is 16.5 Å². The lowest BCUT2D eigenvalue weighted by atomic mass is 10.3. The summed E-state index contributed by atoms with van der Waals surface area (Å²) in [5.41, 5.74) is 0.562. The summed E-state index contributed by atoms with van der Waals surface area (Å²) in [6.07, 6.45) is 0. The van der Waals surface area contributed by atoms with E-state index >= 15 is 0 Å². The predicted octanol–water partition coefficient (Wildman–Crippen LogP) is 1.89. The molecule has 2 N–H and O–H groups in total. The van der Waals surface area contributed by atoms with Gasteiger partial charge in [0.1, 0.15) is 0 Å². The highest BCUT2D eigenvalue weighted by molar-refractivity contribution is 9.11. The lowest BCUT2D eigenvalue weighted by molar-refractivity contribution is 0.102. The highest BCUT2D eigenvalue weighted by atomic mass is 79.9. The van der Waals surface area contributed by atoms with Crippen LogP contribution in [0.3, 0.4) is 0 Å². The first-order valence-electron chi connectivity index (χ1n) is 4.21. The molecule has 2 rings (SSSR count). The number of hydrogen-bond acceptors (Lipinski definition) is 5. The van der Waals surface area contributed by atoms with Gasteiger partial charge < -0.3 is 4.74 Å². The van der Waals surface area contributed by atoms with Crippen LogP contribution in [0.5, 0.6) is 6.01 Å². The van der Waals surface area contributed by atoms with E-state index in [4.69, 9.17) is 4.74 Å². The lowest BCUT2D eigenvalue weighted by Gasteiger charge is -1.96. The van der Waals surface area contributed by atoms with Crippen molar-refractivity contribution in [3.05, 3.63) is 20.8 Å². The number of anilines is 1. The summed E-state index contributed by atoms with van der Waals surface area (Å²) in [6, 6.07) is 1.91. The predicted molar refractivity (Wildman–Crippen MR) is 62.9 cm³/mol. The summed E-state index contributed by atoms with van der Waals surface area (Å²) < 4.78 is 5.67. The molecular formula is C8H7BrN4O2S. The molecule has 84 valence electrons. The molecule has 0 saturated carbocycles. The third-order valence-electron chi connectivity index (χ3n) is 1.71. The van der Waals surface area contributed by atoms with Crippen molar-refractivity contribution in [1.29, 1.82) is 0 Å². The number of nitrogens with one attached hydrogen (secondary N) is 2. The average molecular weight is 303 g/mol. The van der Waals surface area contributed by atoms with Crippen LogP contribution in [-0.4, -0.2) is 28.2 Å². The monoisotopic (exact) mass is 302 g/mol. The molecule has 0 unspecified atom stereocenters. The molecule has 0 saturated heterocycles. The van der Waals surface area contributed by atoms with Crippen molar-refractivity contribution in [2.45, 2.75) is 0 Å². The zero-order valence-electron chi connectivity index (χ0n) is 8.15. The molecule has 0 bridgehead atoms. The Morgan fingerprint density at radius 3 is 3.06 bits per heavy atom. The number of H-pyrrole nitrogens is 1. The van der Waals surface area contributed by atoms with Gasteiger partial charge in [-0.05, 0) is 22.0 Å². The fourth-order valence-electron chi connectivity index (χ4n) is 1.00. The molecule has 0 radical (unpaired) electrons. The maximum absolute atomic E-state index is 11.7. The van der Waals surface area contributed by atoms with Gasteiger partial charge in [-0.1, -0.05) is 0 Å². The topological polar surface area (TPSA) is 79.9 Å². The number of thiophene rings is 1. The van der Waals surface area contributed by atoms with Gasteiger partial charge in [-0.15, -0.1) is 16.4 Å². The standard InChI is InChI=1S/C8H7BrN4O2S/c1-15-8-11-7(12-13-8)10-6(14)4-2-5(9)16-3-4/h2-3H,1H3,(H2,10,11,12,13,14). The minimum absolute atomic E-state index is 0.182. The second-order valence-corrected chi connectivity index (χ2v) is 5.05. The number of halogens is 1. The van der Waals surface area contributed by atoms with Crippen molar-refractivity contribution in [3.63, 3.8) is 0 Å². The number of rotatable bonds is 3. The molecule has 0 atom stereocenters. The minimum atomic E-state index is -0.249. The molecule has 0 spiro atoms. The Morgan fingerprint density at radius 2 is 2.50 bits per heavy atom. The Kier molecular flexibility index (Phi) is 3.20. The van der Waals surface area contributed by atoms with Gasteiger partial charge in [0.15, 0.2) is 0 Å². The van der Waals surface area contributed by atoms with Crippen LogP contribution in [-0.2, 0) is 0 Å². The van der Waals surface area contributed by atoms with E-state index in [0.29, 0.717) is 5.56 Å². The molecule has 16 heavy (non-hydrogen) atoms. The van der Waals surface area contributed by atoms with Crippen LogP contribution in [0.1, 0.15) is 10.4 Å². The highest BCUT2D eigenvalue weighted by Crippen LogP contribution is 2.21. The van der Waals surface area contributed by atoms with Gasteiger partial charge in [0.25, 0.3) is 5.91 Å². The number of aromatic amines is 1. The Balaban J connectivity index is 2.07. The van der Waals surface area contributed by atoms with Gasteiger partial charge in [-0.25, -0.2) is 5.10 Å². The van der Waals surface area contributed by atoms with E-state index in [-0.39, 0.29) is 17.9 Å². The second-order valence-electron chi connectivity index (χ2n) is 2.76. The van der Waals surface area contributed by atoms with Crippen molar-refractivity contribution >= 4 is 39.1 Å². The third-order valence-corrected chi connectivity index (χ3v) is 3.21. The summed E-state index contributed by atoms with van der Waals surface area (Å²) in [5.74, 6) is 0.00456. The molecule has 2 heterocycles. The van der Waals surface area contributed by atoms with Gasteiger partial charge in [0, 0.05) is 5.38 Å². The smallest absolute Gasteiger partial charge is 0.336 e. The molecule has 0 aliphatic carbocycles. The first-order valence-corrected chi connectivity index (χ1v) is 5.88. The van der Waals surface area contributed by atoms with Crippen molar-refractivity contribution in [2.24, 2.45) is 0 Å². The van der Waals surface area contributed by atoms with Crippen molar-refractivity contribution in [2.75, 3.05) is 12.4 Å². The normalized spacial score (nSPS) is 10.1. The number of methoxy groups -OCH3 is 1. The van der Waals surface area contributed by atoms with E-state index < -0.39 is 0 Å². The fraction of sp³-hybridized carbons (Fsp3) is 0.125. The van der Waals surface area contributed by atoms with Crippen LogP contribution in [0.2, 0.25) is 0 Å². The molecule has 0 fully saturated rings. The Hall–Kier alpha value is -1.41. The number of ether oxygens (including phenoxy) is 1. The fourth-order valence-corrected chi connectivity index (χ4v) is 2.14. The van der Waals surface area contributed by atoms with E-state index in [1.807, 2.05) is 0 Å². The summed E-state index contributed by atoms with van der Waals surface area (Å²) in [6.45, 7) is 0. The number of amides is 1. The second kappa shape index (κ2) is 4.62. The van der Waals surface area contributed by atoms with E-state index in [1.165, 1.54) is 18.4 Å². The van der Waals surface area contributed by atoms with Crippen LogP contribution in [0.15, 0.2) is 15.2 Å². The average Bonchev–Trinajstić information content (AvgIpc) is 2.87. The van der Waals surface area contributed by atoms with Crippen molar-refractivity contribution < 1.29 is 9.53 Å². The highest BCUT2D eigenvalue weighted by Gasteiger charge is 2.10. The van der Waals surface area contributed by atoms with Crippen molar-refractivity contribution in [1.82, 2.24) is 15.2 Å². The molecular weight excluding hydrogens is 296 g/mol. The Bertz CT molecular complexity index is 510. The molecule has 0 aliphatic heterocycles. The molecule has 2 aromatic rings. The maximum atomic E-state index is 11.7. The lowest BCUT2D eigenvalue weighted by Crippen LogP contribution is -2.11. The first kappa shape index (κ1) is 11.1. The summed E-state index contributed by atoms with van der Waals surface area (Å²) in [4.78, 5) is 15.5. The minimum Gasteiger partial charge on any atom is -0.466 e. The van der Waals surface area contributed by atoms with Gasteiger partial charge in [-0.3, -0.25) is 10.1 Å². The quantitative estimate of drug-likeness (QED) is 0.907. The zero-order chi connectivity index (χ0) is 11.5. The largest absolute Gasteiger partial charge is 0.466 e. The van der Waals surface area contributed by atoms with Crippen LogP contribution in [0.4, 0.5) is 5.95 Å². The number of carbonyl (C=O) groups excluding carboxylic acids is 1. The Labute approximate surface area is 103 Å². The van der Waals surface area contributed by atoms with E-state index in [2.05, 4.69) is 36.4 Å². The first-order chi connectivity index (χ1) is 7.69. The maximum Gasteiger partial charge on any atom is 0.336 e. The number of nitrogens with zero attached hydrogens (tertiary/aromatic N) is 2. The number of aromatic nitrogens is 3. The molecule has 2 aromatic heterocycles. The van der Waals surface area contributed by atoms with Crippen LogP contribution >= 0.6 is 27.3 Å². The van der Waals surface area contributed by atoms with E-state index in [1.54, 1.807) is 11.4 Å².